The quantitative estimate of drug-likeness (QED) is 0.596. The normalized spacial score (nSPS) is 9.56. The molecular weight excluding hydrogens is 119 g/mol. The van der Waals surface area contributed by atoms with Crippen LogP contribution in [0.4, 0.5) is 4.39 Å². The molecule has 1 N–H and O–H groups in total. The van der Waals surface area contributed by atoms with Gasteiger partial charge in [0.25, 0.3) is 0 Å². The first-order valence-electron chi connectivity index (χ1n) is 2.60. The van der Waals surface area contributed by atoms with Crippen molar-refractivity contribution in [1.29, 1.82) is 0 Å². The summed E-state index contributed by atoms with van der Waals surface area (Å²) in [5, 5.41) is 8.45. The minimum Gasteiger partial charge on any atom is -0.392 e. The van der Waals surface area contributed by atoms with Crippen molar-refractivity contribution in [1.82, 2.24) is 0 Å². The van der Waals surface area contributed by atoms with Gasteiger partial charge in [0, 0.05) is 5.56 Å². The summed E-state index contributed by atoms with van der Waals surface area (Å²) < 4.78 is 12.4. The van der Waals surface area contributed by atoms with E-state index in [1.54, 1.807) is 6.07 Å². The Hall–Kier alpha value is -0.890. The Balaban J connectivity index is 3.01. The molecule has 0 bridgehead atoms. The molecule has 1 rings (SSSR count). The van der Waals surface area contributed by atoms with Gasteiger partial charge in [0.15, 0.2) is 0 Å². The maximum atomic E-state index is 12.4. The molecule has 1 aromatic carbocycles. The van der Waals surface area contributed by atoms with E-state index in [-0.39, 0.29) is 12.2 Å². The predicted octanol–water partition coefficient (Wildman–Crippen LogP) is 1.12. The Bertz CT molecular complexity index is 198. The third-order valence-electron chi connectivity index (χ3n) is 1.04. The highest BCUT2D eigenvalue weighted by molar-refractivity contribution is 5.14. The molecule has 0 aromatic heterocycles. The molecule has 0 aliphatic carbocycles. The zero-order valence-electron chi connectivity index (χ0n) is 4.76. The highest BCUT2D eigenvalue weighted by atomic mass is 19.1. The summed E-state index contributed by atoms with van der Waals surface area (Å²) in [6, 6.07) is 6.96. The van der Waals surface area contributed by atoms with Crippen LogP contribution in [0.3, 0.4) is 0 Å². The third-order valence-corrected chi connectivity index (χ3v) is 1.04. The standard InChI is InChI=1S/C7H6FO/c8-7-4-2-1-3-6(7)5-9/h1-2,4,9H,5H2. The van der Waals surface area contributed by atoms with E-state index >= 15 is 0 Å². The second-order valence-electron chi connectivity index (χ2n) is 1.65. The predicted molar refractivity (Wildman–Crippen MR) is 31.2 cm³/mol. The maximum absolute atomic E-state index is 12.4. The molecule has 0 spiro atoms. The molecule has 0 atom stereocenters. The van der Waals surface area contributed by atoms with Crippen molar-refractivity contribution < 1.29 is 9.50 Å². The first-order valence-corrected chi connectivity index (χ1v) is 2.60. The lowest BCUT2D eigenvalue weighted by atomic mass is 10.2. The zero-order chi connectivity index (χ0) is 6.69. The fraction of sp³-hybridized carbons (Fsp3) is 0.143. The molecule has 9 heavy (non-hydrogen) atoms. The highest BCUT2D eigenvalue weighted by Crippen LogP contribution is 2.03. The van der Waals surface area contributed by atoms with E-state index in [0.717, 1.165) is 0 Å². The van der Waals surface area contributed by atoms with Crippen molar-refractivity contribution in [2.45, 2.75) is 6.61 Å². The van der Waals surface area contributed by atoms with E-state index in [1.165, 1.54) is 12.1 Å². The fourth-order valence-corrected chi connectivity index (χ4v) is 0.572. The van der Waals surface area contributed by atoms with E-state index in [0.29, 0.717) is 0 Å². The van der Waals surface area contributed by atoms with Crippen LogP contribution in [0.1, 0.15) is 5.56 Å². The van der Waals surface area contributed by atoms with Crippen LogP contribution in [-0.4, -0.2) is 5.11 Å². The van der Waals surface area contributed by atoms with Crippen LogP contribution in [0.2, 0.25) is 0 Å². The lowest BCUT2D eigenvalue weighted by molar-refractivity contribution is 0.275. The van der Waals surface area contributed by atoms with Crippen molar-refractivity contribution in [2.24, 2.45) is 0 Å². The van der Waals surface area contributed by atoms with Gasteiger partial charge in [-0.2, -0.15) is 0 Å². The summed E-state index contributed by atoms with van der Waals surface area (Å²) in [6.45, 7) is -0.285. The molecule has 47 valence electrons. The average molecular weight is 125 g/mol. The van der Waals surface area contributed by atoms with Gasteiger partial charge in [-0.05, 0) is 12.1 Å². The molecule has 0 fully saturated rings. The van der Waals surface area contributed by atoms with Gasteiger partial charge < -0.3 is 5.11 Å². The van der Waals surface area contributed by atoms with Crippen molar-refractivity contribution in [2.75, 3.05) is 0 Å². The Morgan fingerprint density at radius 1 is 1.67 bits per heavy atom. The number of hydrogen-bond donors (Lipinski definition) is 1. The lowest BCUT2D eigenvalue weighted by Gasteiger charge is -1.93. The summed E-state index contributed by atoms with van der Waals surface area (Å²) in [5.41, 5.74) is 0.220. The minimum absolute atomic E-state index is 0.220. The summed E-state index contributed by atoms with van der Waals surface area (Å²) >= 11 is 0. The van der Waals surface area contributed by atoms with Gasteiger partial charge in [-0.15, -0.1) is 0 Å². The third kappa shape index (κ3) is 1.27. The van der Waals surface area contributed by atoms with Gasteiger partial charge in [-0.3, -0.25) is 0 Å². The average Bonchev–Trinajstić information content (AvgIpc) is 1.89. The molecule has 0 unspecified atom stereocenters. The summed E-state index contributed by atoms with van der Waals surface area (Å²) in [7, 11) is 0. The lowest BCUT2D eigenvalue weighted by Crippen LogP contribution is -1.87. The van der Waals surface area contributed by atoms with Crippen molar-refractivity contribution in [3.8, 4) is 0 Å². The van der Waals surface area contributed by atoms with Gasteiger partial charge >= 0.3 is 0 Å². The largest absolute Gasteiger partial charge is 0.392 e. The molecule has 1 radical (unpaired) electrons. The fourth-order valence-electron chi connectivity index (χ4n) is 0.572. The Labute approximate surface area is 52.8 Å². The van der Waals surface area contributed by atoms with Crippen molar-refractivity contribution in [3.05, 3.63) is 35.6 Å². The van der Waals surface area contributed by atoms with Gasteiger partial charge in [0.1, 0.15) is 5.82 Å². The van der Waals surface area contributed by atoms with Crippen molar-refractivity contribution >= 4 is 0 Å². The molecule has 0 saturated heterocycles. The molecule has 0 aliphatic rings. The zero-order valence-corrected chi connectivity index (χ0v) is 4.76. The van der Waals surface area contributed by atoms with Gasteiger partial charge in [0.05, 0.1) is 6.61 Å². The van der Waals surface area contributed by atoms with E-state index in [1.807, 2.05) is 0 Å². The summed E-state index contributed by atoms with van der Waals surface area (Å²) in [4.78, 5) is 0. The van der Waals surface area contributed by atoms with Crippen LogP contribution < -0.4 is 0 Å². The van der Waals surface area contributed by atoms with Crippen LogP contribution in [-0.2, 0) is 6.61 Å². The van der Waals surface area contributed by atoms with E-state index in [4.69, 9.17) is 5.11 Å². The van der Waals surface area contributed by atoms with E-state index in [9.17, 15) is 4.39 Å². The number of halogens is 1. The van der Waals surface area contributed by atoms with Gasteiger partial charge in [-0.25, -0.2) is 4.39 Å². The van der Waals surface area contributed by atoms with Crippen LogP contribution in [0.25, 0.3) is 0 Å². The number of benzene rings is 1. The summed E-state index contributed by atoms with van der Waals surface area (Å²) in [5.74, 6) is -0.403. The summed E-state index contributed by atoms with van der Waals surface area (Å²) in [6.07, 6.45) is 0. The van der Waals surface area contributed by atoms with Gasteiger partial charge in [-0.1, -0.05) is 12.1 Å². The first kappa shape index (κ1) is 6.23. The molecule has 0 saturated carbocycles. The molecule has 1 aromatic rings. The van der Waals surface area contributed by atoms with E-state index < -0.39 is 5.82 Å². The molecule has 1 nitrogen and oxygen atoms in total. The van der Waals surface area contributed by atoms with Crippen molar-refractivity contribution in [3.63, 3.8) is 0 Å². The molecular formula is C7H6FO. The number of rotatable bonds is 1. The minimum atomic E-state index is -0.403. The van der Waals surface area contributed by atoms with Crippen LogP contribution >= 0.6 is 0 Å². The molecule has 0 aliphatic heterocycles. The Kier molecular flexibility index (Phi) is 1.80. The first-order chi connectivity index (χ1) is 4.34. The van der Waals surface area contributed by atoms with Crippen LogP contribution in [0.15, 0.2) is 18.2 Å². The van der Waals surface area contributed by atoms with Gasteiger partial charge in [0.2, 0.25) is 0 Å². The monoisotopic (exact) mass is 125 g/mol. The SMILES string of the molecule is OCc1[c]cccc1F. The molecule has 0 amide bonds. The topological polar surface area (TPSA) is 20.2 Å². The van der Waals surface area contributed by atoms with E-state index in [2.05, 4.69) is 6.07 Å². The number of hydrogen-bond acceptors (Lipinski definition) is 1. The maximum Gasteiger partial charge on any atom is 0.129 e. The smallest absolute Gasteiger partial charge is 0.129 e. The second-order valence-corrected chi connectivity index (χ2v) is 1.65. The van der Waals surface area contributed by atoms with Crippen LogP contribution in [0.5, 0.6) is 0 Å². The Morgan fingerprint density at radius 2 is 2.44 bits per heavy atom. The highest BCUT2D eigenvalue weighted by Gasteiger charge is 1.95. The molecule has 2 heteroatoms. The number of aliphatic hydroxyl groups excluding tert-OH is 1. The Morgan fingerprint density at radius 3 is 2.89 bits per heavy atom. The molecule has 0 heterocycles. The second kappa shape index (κ2) is 2.60. The number of aliphatic hydroxyl groups is 1. The van der Waals surface area contributed by atoms with Crippen LogP contribution in [0, 0.1) is 11.9 Å².